The molecule has 0 aliphatic heterocycles. The molecule has 1 N–H and O–H groups in total. The molecule has 0 radical (unpaired) electrons. The molecule has 2 aromatic rings. The first-order chi connectivity index (χ1) is 8.31. The van der Waals surface area contributed by atoms with Crippen molar-refractivity contribution in [3.63, 3.8) is 0 Å². The van der Waals surface area contributed by atoms with Crippen LogP contribution in [-0.4, -0.2) is 14.8 Å². The molecule has 0 unspecified atom stereocenters. The van der Waals surface area contributed by atoms with Gasteiger partial charge in [-0.25, -0.2) is 4.98 Å². The lowest BCUT2D eigenvalue weighted by Crippen LogP contribution is -2.04. The lowest BCUT2D eigenvalue weighted by Gasteiger charge is -2.05. The van der Waals surface area contributed by atoms with E-state index < -0.39 is 0 Å². The van der Waals surface area contributed by atoms with Gasteiger partial charge in [-0.2, -0.15) is 5.10 Å². The van der Waals surface area contributed by atoms with Gasteiger partial charge in [-0.1, -0.05) is 6.07 Å². The Balaban J connectivity index is 1.69. The summed E-state index contributed by atoms with van der Waals surface area (Å²) in [5, 5.41) is 7.64. The van der Waals surface area contributed by atoms with E-state index in [0.717, 1.165) is 24.5 Å². The Bertz CT molecular complexity index is 530. The zero-order valence-electron chi connectivity index (χ0n) is 9.98. The van der Waals surface area contributed by atoms with Gasteiger partial charge in [-0.05, 0) is 37.0 Å². The van der Waals surface area contributed by atoms with Gasteiger partial charge in [-0.3, -0.25) is 4.68 Å². The third kappa shape index (κ3) is 2.16. The first kappa shape index (κ1) is 10.3. The van der Waals surface area contributed by atoms with Gasteiger partial charge >= 0.3 is 0 Å². The molecule has 0 saturated carbocycles. The van der Waals surface area contributed by atoms with Crippen LogP contribution in [-0.2, 0) is 26.4 Å². The molecule has 0 aromatic carbocycles. The third-order valence-electron chi connectivity index (χ3n) is 3.15. The number of rotatable bonds is 3. The van der Waals surface area contributed by atoms with E-state index in [-0.39, 0.29) is 0 Å². The predicted molar refractivity (Wildman–Crippen MR) is 66.8 cm³/mol. The molecule has 0 bridgehead atoms. The maximum atomic E-state index is 4.63. The number of aryl methyl sites for hydroxylation is 3. The fourth-order valence-electron chi connectivity index (χ4n) is 2.26. The summed E-state index contributed by atoms with van der Waals surface area (Å²) in [6.45, 7) is 0.729. The monoisotopic (exact) mass is 228 g/mol. The summed E-state index contributed by atoms with van der Waals surface area (Å²) >= 11 is 0. The van der Waals surface area contributed by atoms with Crippen molar-refractivity contribution in [3.05, 3.63) is 41.3 Å². The molecule has 17 heavy (non-hydrogen) atoms. The van der Waals surface area contributed by atoms with Crippen molar-refractivity contribution in [2.45, 2.75) is 25.8 Å². The molecule has 4 heteroatoms. The van der Waals surface area contributed by atoms with Crippen LogP contribution in [0.1, 0.15) is 23.4 Å². The van der Waals surface area contributed by atoms with Crippen LogP contribution in [0.3, 0.4) is 0 Å². The number of fused-ring (bicyclic) bond motifs is 1. The van der Waals surface area contributed by atoms with Crippen molar-refractivity contribution >= 4 is 5.82 Å². The minimum Gasteiger partial charge on any atom is -0.364 e. The summed E-state index contributed by atoms with van der Waals surface area (Å²) in [4.78, 5) is 4.63. The topological polar surface area (TPSA) is 42.7 Å². The highest BCUT2D eigenvalue weighted by Crippen LogP contribution is 2.21. The van der Waals surface area contributed by atoms with E-state index in [0.29, 0.717) is 0 Å². The fourth-order valence-corrected chi connectivity index (χ4v) is 2.26. The molecular formula is C13H16N4. The Kier molecular flexibility index (Phi) is 2.55. The van der Waals surface area contributed by atoms with E-state index in [2.05, 4.69) is 27.5 Å². The lowest BCUT2D eigenvalue weighted by molar-refractivity contribution is 0.747. The number of aromatic nitrogens is 3. The van der Waals surface area contributed by atoms with Crippen molar-refractivity contribution in [1.29, 1.82) is 0 Å². The van der Waals surface area contributed by atoms with E-state index in [4.69, 9.17) is 0 Å². The maximum Gasteiger partial charge on any atom is 0.126 e. The van der Waals surface area contributed by atoms with Gasteiger partial charge in [0, 0.05) is 18.9 Å². The van der Waals surface area contributed by atoms with Gasteiger partial charge in [0.05, 0.1) is 12.2 Å². The lowest BCUT2D eigenvalue weighted by atomic mass is 10.2. The molecule has 3 rings (SSSR count). The SMILES string of the molecule is Cn1ccc(CNc2ccc3c(n2)CCC3)n1. The number of nitrogens with one attached hydrogen (secondary N) is 1. The van der Waals surface area contributed by atoms with Crippen molar-refractivity contribution < 1.29 is 0 Å². The Morgan fingerprint density at radius 3 is 3.06 bits per heavy atom. The van der Waals surface area contributed by atoms with Crippen molar-refractivity contribution in [3.8, 4) is 0 Å². The molecular weight excluding hydrogens is 212 g/mol. The quantitative estimate of drug-likeness (QED) is 0.872. The Hall–Kier alpha value is -1.84. The maximum absolute atomic E-state index is 4.63. The summed E-state index contributed by atoms with van der Waals surface area (Å²) in [6.07, 6.45) is 5.50. The number of hydrogen-bond acceptors (Lipinski definition) is 3. The summed E-state index contributed by atoms with van der Waals surface area (Å²) in [5.41, 5.74) is 3.71. The van der Waals surface area contributed by atoms with Crippen LogP contribution in [0.15, 0.2) is 24.4 Å². The van der Waals surface area contributed by atoms with E-state index >= 15 is 0 Å². The zero-order chi connectivity index (χ0) is 11.7. The smallest absolute Gasteiger partial charge is 0.126 e. The standard InChI is InChI=1S/C13H16N4/c1-17-8-7-11(16-17)9-14-13-6-5-10-3-2-4-12(10)15-13/h5-8H,2-4,9H2,1H3,(H,14,15). The van der Waals surface area contributed by atoms with Crippen LogP contribution in [0, 0.1) is 0 Å². The number of hydrogen-bond donors (Lipinski definition) is 1. The third-order valence-corrected chi connectivity index (χ3v) is 3.15. The van der Waals surface area contributed by atoms with Crippen LogP contribution in [0.5, 0.6) is 0 Å². The van der Waals surface area contributed by atoms with Gasteiger partial charge in [0.1, 0.15) is 5.82 Å². The number of pyridine rings is 1. The van der Waals surface area contributed by atoms with Gasteiger partial charge in [-0.15, -0.1) is 0 Å². The highest BCUT2D eigenvalue weighted by Gasteiger charge is 2.12. The molecule has 88 valence electrons. The normalized spacial score (nSPS) is 13.7. The second kappa shape index (κ2) is 4.20. The van der Waals surface area contributed by atoms with E-state index in [1.54, 1.807) is 0 Å². The Morgan fingerprint density at radius 2 is 2.24 bits per heavy atom. The highest BCUT2D eigenvalue weighted by molar-refractivity contribution is 5.40. The average molecular weight is 228 g/mol. The molecule has 0 spiro atoms. The Morgan fingerprint density at radius 1 is 1.29 bits per heavy atom. The molecule has 1 aliphatic rings. The first-order valence-corrected chi connectivity index (χ1v) is 6.02. The average Bonchev–Trinajstić information content (AvgIpc) is 2.94. The zero-order valence-corrected chi connectivity index (χ0v) is 9.98. The summed E-state index contributed by atoms with van der Waals surface area (Å²) < 4.78 is 1.81. The van der Waals surface area contributed by atoms with Gasteiger partial charge in [0.25, 0.3) is 0 Å². The Labute approximate surface area is 101 Å². The molecule has 0 saturated heterocycles. The van der Waals surface area contributed by atoms with Crippen LogP contribution in [0.25, 0.3) is 0 Å². The van der Waals surface area contributed by atoms with E-state index in [9.17, 15) is 0 Å². The van der Waals surface area contributed by atoms with Crippen LogP contribution < -0.4 is 5.32 Å². The van der Waals surface area contributed by atoms with E-state index in [1.807, 2.05) is 24.0 Å². The minimum atomic E-state index is 0.729. The van der Waals surface area contributed by atoms with Gasteiger partial charge in [0.2, 0.25) is 0 Å². The van der Waals surface area contributed by atoms with Crippen LogP contribution in [0.4, 0.5) is 5.82 Å². The van der Waals surface area contributed by atoms with Crippen LogP contribution in [0.2, 0.25) is 0 Å². The van der Waals surface area contributed by atoms with E-state index in [1.165, 1.54) is 24.1 Å². The first-order valence-electron chi connectivity index (χ1n) is 6.02. The fraction of sp³-hybridized carbons (Fsp3) is 0.385. The predicted octanol–water partition coefficient (Wildman–Crippen LogP) is 1.92. The number of nitrogens with zero attached hydrogens (tertiary/aromatic N) is 3. The molecule has 0 amide bonds. The second-order valence-electron chi connectivity index (χ2n) is 4.49. The molecule has 0 fully saturated rings. The number of anilines is 1. The van der Waals surface area contributed by atoms with Gasteiger partial charge in [0.15, 0.2) is 0 Å². The molecule has 1 aliphatic carbocycles. The molecule has 2 heterocycles. The largest absolute Gasteiger partial charge is 0.364 e. The van der Waals surface area contributed by atoms with Crippen LogP contribution >= 0.6 is 0 Å². The molecule has 0 atom stereocenters. The molecule has 2 aromatic heterocycles. The van der Waals surface area contributed by atoms with Crippen molar-refractivity contribution in [2.75, 3.05) is 5.32 Å². The van der Waals surface area contributed by atoms with Crippen molar-refractivity contribution in [1.82, 2.24) is 14.8 Å². The summed E-state index contributed by atoms with van der Waals surface area (Å²) in [7, 11) is 1.93. The molecule has 4 nitrogen and oxygen atoms in total. The summed E-state index contributed by atoms with van der Waals surface area (Å²) in [5.74, 6) is 0.955. The van der Waals surface area contributed by atoms with Crippen molar-refractivity contribution in [2.24, 2.45) is 7.05 Å². The second-order valence-corrected chi connectivity index (χ2v) is 4.49. The highest BCUT2D eigenvalue weighted by atomic mass is 15.3. The summed E-state index contributed by atoms with van der Waals surface area (Å²) in [6, 6.07) is 6.27. The minimum absolute atomic E-state index is 0.729. The van der Waals surface area contributed by atoms with Gasteiger partial charge < -0.3 is 5.32 Å².